The molecule has 0 saturated heterocycles. The third-order valence-electron chi connectivity index (χ3n) is 3.54. The van der Waals surface area contributed by atoms with E-state index in [1.165, 1.54) is 6.92 Å². The normalized spacial score (nSPS) is 12.0. The van der Waals surface area contributed by atoms with Gasteiger partial charge in [0.2, 0.25) is 6.10 Å². The summed E-state index contributed by atoms with van der Waals surface area (Å²) in [7, 11) is 0. The van der Waals surface area contributed by atoms with Gasteiger partial charge in [0.15, 0.2) is 5.78 Å². The van der Waals surface area contributed by atoms with E-state index in [-0.39, 0.29) is 11.7 Å². The molecule has 3 rings (SSSR count). The van der Waals surface area contributed by atoms with Gasteiger partial charge in [0, 0.05) is 16.3 Å². The summed E-state index contributed by atoms with van der Waals surface area (Å²) in [6.07, 6.45) is -0.843. The molecule has 1 unspecified atom stereocenters. The topological polar surface area (TPSA) is 86.1 Å². The Hall–Kier alpha value is -2.93. The Morgan fingerprint density at radius 2 is 2.04 bits per heavy atom. The van der Waals surface area contributed by atoms with Crippen molar-refractivity contribution in [1.29, 1.82) is 0 Å². The van der Waals surface area contributed by atoms with Crippen LogP contribution in [0.25, 0.3) is 11.0 Å². The summed E-state index contributed by atoms with van der Waals surface area (Å²) in [5.74, 6) is -0.460. The van der Waals surface area contributed by atoms with E-state index in [0.717, 1.165) is 4.85 Å². The molecular weight excluding hydrogens is 344 g/mol. The van der Waals surface area contributed by atoms with Crippen molar-refractivity contribution in [3.63, 3.8) is 0 Å². The van der Waals surface area contributed by atoms with Crippen molar-refractivity contribution in [2.75, 3.05) is 5.32 Å². The Morgan fingerprint density at radius 1 is 1.24 bits per heavy atom. The molecule has 1 amide bonds. The van der Waals surface area contributed by atoms with Crippen LogP contribution in [0.2, 0.25) is 5.02 Å². The molecule has 1 heterocycles. The lowest BCUT2D eigenvalue weighted by molar-refractivity contribution is -0.127. The van der Waals surface area contributed by atoms with Gasteiger partial charge in [-0.3, -0.25) is 9.59 Å². The fourth-order valence-electron chi connectivity index (χ4n) is 2.21. The van der Waals surface area contributed by atoms with Crippen LogP contribution >= 0.6 is 11.6 Å². The first-order valence-electron chi connectivity index (χ1n) is 7.54. The highest BCUT2D eigenvalue weighted by molar-refractivity contribution is 6.31. The van der Waals surface area contributed by atoms with Crippen molar-refractivity contribution in [2.24, 2.45) is 0 Å². The molecule has 0 fully saturated rings. The zero-order valence-corrected chi connectivity index (χ0v) is 14.3. The standard InChI is InChI=1S/C17H15ClN4O3/c1-10(23)12-4-3-5-14(8-12)19-17(24)11(2)25-22-16-9-13(18)6-7-15(16)20-21-22/h3-9,11H,1-2H3,(H,19,24). The molecule has 128 valence electrons. The van der Waals surface area contributed by atoms with Crippen molar-refractivity contribution in [3.05, 3.63) is 53.1 Å². The number of carbonyl (C=O) groups is 2. The van der Waals surface area contributed by atoms with Crippen LogP contribution in [0.15, 0.2) is 42.5 Å². The summed E-state index contributed by atoms with van der Waals surface area (Å²) in [5.41, 5.74) is 2.19. The van der Waals surface area contributed by atoms with E-state index in [1.54, 1.807) is 49.4 Å². The molecule has 7 nitrogen and oxygen atoms in total. The first-order chi connectivity index (χ1) is 11.9. The van der Waals surface area contributed by atoms with E-state index >= 15 is 0 Å². The lowest BCUT2D eigenvalue weighted by Crippen LogP contribution is -2.35. The van der Waals surface area contributed by atoms with Crippen LogP contribution in [0.4, 0.5) is 5.69 Å². The van der Waals surface area contributed by atoms with Crippen molar-refractivity contribution in [1.82, 2.24) is 15.2 Å². The van der Waals surface area contributed by atoms with Gasteiger partial charge < -0.3 is 10.2 Å². The Labute approximate surface area is 148 Å². The van der Waals surface area contributed by atoms with Gasteiger partial charge in [-0.15, -0.1) is 5.10 Å². The maximum Gasteiger partial charge on any atom is 0.267 e. The Kier molecular flexibility index (Phi) is 4.67. The van der Waals surface area contributed by atoms with Gasteiger partial charge in [-0.25, -0.2) is 0 Å². The zero-order valence-electron chi connectivity index (χ0n) is 13.6. The number of fused-ring (bicyclic) bond motifs is 1. The molecule has 0 bridgehead atoms. The molecule has 2 aromatic carbocycles. The highest BCUT2D eigenvalue weighted by Gasteiger charge is 2.18. The second-order valence-corrected chi connectivity index (χ2v) is 5.91. The summed E-state index contributed by atoms with van der Waals surface area (Å²) in [5, 5.41) is 11.0. The van der Waals surface area contributed by atoms with E-state index in [4.69, 9.17) is 16.4 Å². The summed E-state index contributed by atoms with van der Waals surface area (Å²) < 4.78 is 0. The first kappa shape index (κ1) is 16.9. The van der Waals surface area contributed by atoms with E-state index < -0.39 is 6.10 Å². The average molecular weight is 359 g/mol. The number of benzene rings is 2. The number of nitrogens with one attached hydrogen (secondary N) is 1. The quantitative estimate of drug-likeness (QED) is 0.709. The number of Topliss-reactive ketones (excluding diaryl/α,β-unsaturated/α-hetero) is 1. The van der Waals surface area contributed by atoms with Crippen LogP contribution in [0.5, 0.6) is 0 Å². The number of anilines is 1. The monoisotopic (exact) mass is 358 g/mol. The highest BCUT2D eigenvalue weighted by Crippen LogP contribution is 2.17. The molecule has 0 aliphatic heterocycles. The predicted molar refractivity (Wildman–Crippen MR) is 93.7 cm³/mol. The summed E-state index contributed by atoms with van der Waals surface area (Å²) >= 11 is 5.96. The number of halogens is 1. The van der Waals surface area contributed by atoms with Crippen LogP contribution < -0.4 is 10.2 Å². The molecule has 0 spiro atoms. The van der Waals surface area contributed by atoms with Crippen LogP contribution in [-0.2, 0) is 4.79 Å². The number of hydrogen-bond acceptors (Lipinski definition) is 5. The molecule has 1 atom stereocenters. The van der Waals surface area contributed by atoms with Crippen LogP contribution in [0.3, 0.4) is 0 Å². The minimum atomic E-state index is -0.843. The predicted octanol–water partition coefficient (Wildman–Crippen LogP) is 2.74. The Balaban J connectivity index is 1.73. The molecule has 1 N–H and O–H groups in total. The largest absolute Gasteiger partial charge is 0.382 e. The zero-order chi connectivity index (χ0) is 18.0. The number of nitrogens with zero attached hydrogens (tertiary/aromatic N) is 3. The molecule has 0 saturated carbocycles. The number of carbonyl (C=O) groups excluding carboxylic acids is 2. The van der Waals surface area contributed by atoms with E-state index in [2.05, 4.69) is 15.6 Å². The summed E-state index contributed by atoms with van der Waals surface area (Å²) in [6.45, 7) is 3.05. The van der Waals surface area contributed by atoms with Gasteiger partial charge in [-0.05, 0) is 49.4 Å². The fraction of sp³-hybridized carbons (Fsp3) is 0.176. The van der Waals surface area contributed by atoms with Gasteiger partial charge in [-0.2, -0.15) is 0 Å². The molecule has 0 aliphatic rings. The van der Waals surface area contributed by atoms with Crippen molar-refractivity contribution >= 4 is 40.0 Å². The van der Waals surface area contributed by atoms with E-state index in [0.29, 0.717) is 27.3 Å². The maximum atomic E-state index is 12.3. The number of aromatic nitrogens is 3. The lowest BCUT2D eigenvalue weighted by atomic mass is 10.1. The first-order valence-corrected chi connectivity index (χ1v) is 7.92. The van der Waals surface area contributed by atoms with E-state index in [1.807, 2.05) is 0 Å². The van der Waals surface area contributed by atoms with E-state index in [9.17, 15) is 9.59 Å². The number of amides is 1. The molecule has 0 aliphatic carbocycles. The molecule has 25 heavy (non-hydrogen) atoms. The molecule has 3 aromatic rings. The number of rotatable bonds is 5. The molecule has 8 heteroatoms. The molecule has 1 aromatic heterocycles. The number of ketones is 1. The van der Waals surface area contributed by atoms with Gasteiger partial charge in [0.25, 0.3) is 5.91 Å². The maximum absolute atomic E-state index is 12.3. The molecular formula is C17H15ClN4O3. The van der Waals surface area contributed by atoms with Crippen LogP contribution in [0.1, 0.15) is 24.2 Å². The third kappa shape index (κ3) is 3.77. The van der Waals surface area contributed by atoms with Gasteiger partial charge >= 0.3 is 0 Å². The SMILES string of the molecule is CC(=O)c1cccc(NC(=O)C(C)On2nnc3ccc(Cl)cc32)c1. The summed E-state index contributed by atoms with van der Waals surface area (Å²) in [6, 6.07) is 11.7. The average Bonchev–Trinajstić information content (AvgIpc) is 2.97. The highest BCUT2D eigenvalue weighted by atomic mass is 35.5. The van der Waals surface area contributed by atoms with Crippen LogP contribution in [-0.4, -0.2) is 33.0 Å². The third-order valence-corrected chi connectivity index (χ3v) is 3.78. The van der Waals surface area contributed by atoms with Gasteiger partial charge in [0.05, 0.1) is 0 Å². The second kappa shape index (κ2) is 6.90. The lowest BCUT2D eigenvalue weighted by Gasteiger charge is -2.14. The smallest absolute Gasteiger partial charge is 0.267 e. The Morgan fingerprint density at radius 3 is 2.80 bits per heavy atom. The van der Waals surface area contributed by atoms with Crippen molar-refractivity contribution < 1.29 is 14.4 Å². The Bertz CT molecular complexity index is 954. The van der Waals surface area contributed by atoms with Gasteiger partial charge in [0.1, 0.15) is 11.0 Å². The van der Waals surface area contributed by atoms with Crippen LogP contribution in [0, 0.1) is 0 Å². The summed E-state index contributed by atoms with van der Waals surface area (Å²) in [4.78, 5) is 30.4. The minimum absolute atomic E-state index is 0.0774. The fourth-order valence-corrected chi connectivity index (χ4v) is 2.37. The second-order valence-electron chi connectivity index (χ2n) is 5.47. The van der Waals surface area contributed by atoms with Crippen molar-refractivity contribution in [2.45, 2.75) is 20.0 Å². The molecule has 0 radical (unpaired) electrons. The number of hydrogen-bond donors (Lipinski definition) is 1. The minimum Gasteiger partial charge on any atom is -0.382 e. The van der Waals surface area contributed by atoms with Crippen molar-refractivity contribution in [3.8, 4) is 0 Å². The van der Waals surface area contributed by atoms with Gasteiger partial charge in [-0.1, -0.05) is 28.6 Å².